The summed E-state index contributed by atoms with van der Waals surface area (Å²) < 4.78 is 5.24. The van der Waals surface area contributed by atoms with Crippen LogP contribution >= 0.6 is 0 Å². The van der Waals surface area contributed by atoms with Gasteiger partial charge in [-0.1, -0.05) is 18.2 Å². The molecule has 0 bridgehead atoms. The van der Waals surface area contributed by atoms with Gasteiger partial charge in [0.05, 0.1) is 18.9 Å². The molecule has 0 aliphatic carbocycles. The zero-order chi connectivity index (χ0) is 12.8. The average Bonchev–Trinajstić information content (AvgIpc) is 2.46. The van der Waals surface area contributed by atoms with Crippen LogP contribution in [0.5, 0.6) is 5.75 Å². The third kappa shape index (κ3) is 2.58. The van der Waals surface area contributed by atoms with E-state index in [0.717, 1.165) is 11.3 Å². The highest BCUT2D eigenvalue weighted by Crippen LogP contribution is 2.27. The summed E-state index contributed by atoms with van der Waals surface area (Å²) in [6.45, 7) is 0. The van der Waals surface area contributed by atoms with Crippen molar-refractivity contribution in [3.8, 4) is 11.8 Å². The summed E-state index contributed by atoms with van der Waals surface area (Å²) in [6.07, 6.45) is 3.36. The third-order valence-corrected chi connectivity index (χ3v) is 2.55. The first-order valence-corrected chi connectivity index (χ1v) is 5.54. The summed E-state index contributed by atoms with van der Waals surface area (Å²) in [5, 5.41) is 12.4. The lowest BCUT2D eigenvalue weighted by molar-refractivity contribution is 0.416. The van der Waals surface area contributed by atoms with Gasteiger partial charge in [-0.2, -0.15) is 5.26 Å². The molecule has 1 N–H and O–H groups in total. The molecule has 1 aromatic carbocycles. The van der Waals surface area contributed by atoms with Crippen LogP contribution in [0.1, 0.15) is 11.6 Å². The van der Waals surface area contributed by atoms with Gasteiger partial charge in [0.25, 0.3) is 0 Å². The minimum Gasteiger partial charge on any atom is -0.495 e. The lowest BCUT2D eigenvalue weighted by Crippen LogP contribution is -2.09. The Balaban J connectivity index is 2.24. The number of nitrogens with zero attached hydrogens (tertiary/aromatic N) is 2. The van der Waals surface area contributed by atoms with E-state index in [-0.39, 0.29) is 0 Å². The predicted molar refractivity (Wildman–Crippen MR) is 69.2 cm³/mol. The zero-order valence-electron chi connectivity index (χ0n) is 10.00. The molecule has 0 spiro atoms. The van der Waals surface area contributed by atoms with E-state index in [1.807, 2.05) is 36.4 Å². The summed E-state index contributed by atoms with van der Waals surface area (Å²) >= 11 is 0. The minimum absolute atomic E-state index is 0.449. The van der Waals surface area contributed by atoms with Crippen LogP contribution in [0, 0.1) is 11.3 Å². The second-order valence-electron chi connectivity index (χ2n) is 3.69. The topological polar surface area (TPSA) is 57.9 Å². The van der Waals surface area contributed by atoms with Gasteiger partial charge in [-0.25, -0.2) is 0 Å². The Hall–Kier alpha value is -2.54. The van der Waals surface area contributed by atoms with E-state index >= 15 is 0 Å². The largest absolute Gasteiger partial charge is 0.495 e. The van der Waals surface area contributed by atoms with Gasteiger partial charge in [0.2, 0.25) is 0 Å². The number of hydrogen-bond donors (Lipinski definition) is 1. The molecule has 18 heavy (non-hydrogen) atoms. The first kappa shape index (κ1) is 11.9. The number of pyridine rings is 1. The fourth-order valence-corrected chi connectivity index (χ4v) is 1.66. The number of aromatic nitrogens is 1. The molecule has 0 fully saturated rings. The maximum absolute atomic E-state index is 9.22. The van der Waals surface area contributed by atoms with Crippen molar-refractivity contribution in [3.63, 3.8) is 0 Å². The number of anilines is 1. The highest BCUT2D eigenvalue weighted by atomic mass is 16.5. The van der Waals surface area contributed by atoms with Crippen molar-refractivity contribution in [2.45, 2.75) is 6.04 Å². The van der Waals surface area contributed by atoms with Gasteiger partial charge >= 0.3 is 0 Å². The van der Waals surface area contributed by atoms with E-state index in [0.29, 0.717) is 5.75 Å². The Labute approximate surface area is 106 Å². The molecule has 0 radical (unpaired) electrons. The van der Waals surface area contributed by atoms with Crippen LogP contribution < -0.4 is 10.1 Å². The Morgan fingerprint density at radius 1 is 1.28 bits per heavy atom. The fourth-order valence-electron chi connectivity index (χ4n) is 1.66. The maximum atomic E-state index is 9.22. The van der Waals surface area contributed by atoms with Crippen LogP contribution in [0.4, 0.5) is 5.69 Å². The van der Waals surface area contributed by atoms with Crippen LogP contribution in [0.25, 0.3) is 0 Å². The van der Waals surface area contributed by atoms with Crippen molar-refractivity contribution < 1.29 is 4.74 Å². The molecule has 4 heteroatoms. The van der Waals surface area contributed by atoms with Crippen molar-refractivity contribution in [3.05, 3.63) is 54.4 Å². The van der Waals surface area contributed by atoms with Crippen molar-refractivity contribution in [2.75, 3.05) is 12.4 Å². The number of para-hydroxylation sites is 2. The summed E-state index contributed by atoms with van der Waals surface area (Å²) in [6, 6.07) is 12.9. The Kier molecular flexibility index (Phi) is 3.77. The Morgan fingerprint density at radius 3 is 2.78 bits per heavy atom. The van der Waals surface area contributed by atoms with Crippen molar-refractivity contribution in [1.82, 2.24) is 4.98 Å². The highest BCUT2D eigenvalue weighted by molar-refractivity contribution is 5.58. The number of methoxy groups -OCH3 is 1. The zero-order valence-corrected chi connectivity index (χ0v) is 10.00. The molecule has 0 amide bonds. The number of hydrogen-bond acceptors (Lipinski definition) is 4. The van der Waals surface area contributed by atoms with E-state index in [9.17, 15) is 5.26 Å². The normalized spacial score (nSPS) is 11.3. The Bertz CT molecular complexity index is 548. The standard InChI is InChI=1S/C14H13N3O/c1-18-14-7-3-2-6-12(14)17-13(9-15)11-5-4-8-16-10-11/h2-8,10,13,17H,1H3. The van der Waals surface area contributed by atoms with E-state index in [4.69, 9.17) is 4.74 Å². The van der Waals surface area contributed by atoms with Gasteiger partial charge in [0, 0.05) is 18.0 Å². The van der Waals surface area contributed by atoms with Gasteiger partial charge in [0.1, 0.15) is 11.8 Å². The van der Waals surface area contributed by atoms with Crippen molar-refractivity contribution in [2.24, 2.45) is 0 Å². The van der Waals surface area contributed by atoms with E-state index in [1.165, 1.54) is 0 Å². The van der Waals surface area contributed by atoms with E-state index in [1.54, 1.807) is 19.5 Å². The summed E-state index contributed by atoms with van der Waals surface area (Å²) in [4.78, 5) is 4.02. The minimum atomic E-state index is -0.449. The number of ether oxygens (including phenoxy) is 1. The number of nitriles is 1. The van der Waals surface area contributed by atoms with E-state index in [2.05, 4.69) is 16.4 Å². The monoisotopic (exact) mass is 239 g/mol. The second kappa shape index (κ2) is 5.69. The number of rotatable bonds is 4. The van der Waals surface area contributed by atoms with Crippen LogP contribution in [-0.2, 0) is 0 Å². The molecule has 2 rings (SSSR count). The molecule has 1 unspecified atom stereocenters. The maximum Gasteiger partial charge on any atom is 0.141 e. The number of benzene rings is 1. The quantitative estimate of drug-likeness (QED) is 0.891. The fraction of sp³-hybridized carbons (Fsp3) is 0.143. The molecule has 4 nitrogen and oxygen atoms in total. The lowest BCUT2D eigenvalue weighted by atomic mass is 10.1. The lowest BCUT2D eigenvalue weighted by Gasteiger charge is -2.15. The highest BCUT2D eigenvalue weighted by Gasteiger charge is 2.12. The predicted octanol–water partition coefficient (Wildman–Crippen LogP) is 2.77. The molecular formula is C14H13N3O. The summed E-state index contributed by atoms with van der Waals surface area (Å²) in [7, 11) is 1.60. The van der Waals surface area contributed by atoms with Crippen LogP contribution in [-0.4, -0.2) is 12.1 Å². The van der Waals surface area contributed by atoms with E-state index < -0.39 is 6.04 Å². The van der Waals surface area contributed by atoms with Gasteiger partial charge in [-0.3, -0.25) is 4.98 Å². The molecule has 0 aliphatic rings. The third-order valence-electron chi connectivity index (χ3n) is 2.55. The van der Waals surface area contributed by atoms with Crippen LogP contribution in [0.2, 0.25) is 0 Å². The van der Waals surface area contributed by atoms with Crippen molar-refractivity contribution >= 4 is 5.69 Å². The van der Waals surface area contributed by atoms with Crippen LogP contribution in [0.15, 0.2) is 48.8 Å². The van der Waals surface area contributed by atoms with Gasteiger partial charge < -0.3 is 10.1 Å². The average molecular weight is 239 g/mol. The smallest absolute Gasteiger partial charge is 0.141 e. The Morgan fingerprint density at radius 2 is 2.11 bits per heavy atom. The van der Waals surface area contributed by atoms with Gasteiger partial charge in [-0.05, 0) is 18.2 Å². The molecule has 1 heterocycles. The van der Waals surface area contributed by atoms with Crippen molar-refractivity contribution in [1.29, 1.82) is 5.26 Å². The van der Waals surface area contributed by atoms with Gasteiger partial charge in [-0.15, -0.1) is 0 Å². The summed E-state index contributed by atoms with van der Waals surface area (Å²) in [5.74, 6) is 0.710. The molecule has 0 saturated heterocycles. The molecule has 90 valence electrons. The molecule has 1 aromatic heterocycles. The molecule has 2 aromatic rings. The first-order chi connectivity index (χ1) is 8.85. The van der Waals surface area contributed by atoms with Gasteiger partial charge in [0.15, 0.2) is 0 Å². The first-order valence-electron chi connectivity index (χ1n) is 5.54. The molecule has 0 saturated carbocycles. The molecule has 1 atom stereocenters. The van der Waals surface area contributed by atoms with Crippen LogP contribution in [0.3, 0.4) is 0 Å². The summed E-state index contributed by atoms with van der Waals surface area (Å²) in [5.41, 5.74) is 1.61. The number of nitrogens with one attached hydrogen (secondary N) is 1. The molecular weight excluding hydrogens is 226 g/mol. The second-order valence-corrected chi connectivity index (χ2v) is 3.69. The SMILES string of the molecule is COc1ccccc1NC(C#N)c1cccnc1. The molecule has 0 aliphatic heterocycles.